The molecule has 0 unspecified atom stereocenters. The van der Waals surface area contributed by atoms with Gasteiger partial charge < -0.3 is 20.0 Å². The van der Waals surface area contributed by atoms with Crippen molar-refractivity contribution in [1.29, 1.82) is 0 Å². The van der Waals surface area contributed by atoms with E-state index < -0.39 is 11.9 Å². The van der Waals surface area contributed by atoms with Crippen molar-refractivity contribution in [2.45, 2.75) is 99.3 Å². The third kappa shape index (κ3) is 52.0. The third-order valence-electron chi connectivity index (χ3n) is 3.63. The largest absolute Gasteiger partial charge is 0.481 e. The summed E-state index contributed by atoms with van der Waals surface area (Å²) in [6.45, 7) is 17.6. The summed E-state index contributed by atoms with van der Waals surface area (Å²) in [5.41, 5.74) is 0. The van der Waals surface area contributed by atoms with Gasteiger partial charge in [0.15, 0.2) is 0 Å². The molecule has 0 aliphatic heterocycles. The molecule has 0 bridgehead atoms. The van der Waals surface area contributed by atoms with Crippen LogP contribution in [0.3, 0.4) is 0 Å². The summed E-state index contributed by atoms with van der Waals surface area (Å²) in [6.07, 6.45) is 8.20. The molecule has 0 fully saturated rings. The highest BCUT2D eigenvalue weighted by molar-refractivity contribution is 5.66. The number of carboxylic acid groups (broad SMARTS) is 2. The van der Waals surface area contributed by atoms with E-state index in [2.05, 4.69) is 51.6 Å². The lowest BCUT2D eigenvalue weighted by Gasteiger charge is -2.12. The van der Waals surface area contributed by atoms with Gasteiger partial charge in [-0.15, -0.1) is 0 Å². The number of hydrogen-bond donors (Lipinski definition) is 2. The highest BCUT2D eigenvalue weighted by atomic mass is 16.4. The Morgan fingerprint density at radius 2 is 0.862 bits per heavy atom. The van der Waals surface area contributed by atoms with Gasteiger partial charge in [0.1, 0.15) is 0 Å². The van der Waals surface area contributed by atoms with Gasteiger partial charge in [-0.25, -0.2) is 0 Å². The maximum Gasteiger partial charge on any atom is 0.303 e. The van der Waals surface area contributed by atoms with Crippen molar-refractivity contribution >= 4 is 11.9 Å². The predicted molar refractivity (Wildman–Crippen MR) is 126 cm³/mol. The Bertz CT molecular complexity index is 300. The van der Waals surface area contributed by atoms with Gasteiger partial charge in [-0.3, -0.25) is 9.59 Å². The molecule has 0 aromatic rings. The molecule has 0 atom stereocenters. The van der Waals surface area contributed by atoms with E-state index in [1.54, 1.807) is 0 Å². The minimum absolute atomic E-state index is 0.292. The maximum atomic E-state index is 9.76. The Morgan fingerprint density at radius 3 is 0.966 bits per heavy atom. The molecule has 0 heterocycles. The highest BCUT2D eigenvalue weighted by Gasteiger charge is 1.92. The Labute approximate surface area is 181 Å². The zero-order chi connectivity index (χ0) is 23.5. The Morgan fingerprint density at radius 1 is 0.552 bits per heavy atom. The molecular weight excluding hydrogens is 368 g/mol. The highest BCUT2D eigenvalue weighted by Crippen LogP contribution is 1.91. The lowest BCUT2D eigenvalue weighted by molar-refractivity contribution is -0.138. The average Bonchev–Trinajstić information content (AvgIpc) is 2.62. The molecule has 0 aromatic carbocycles. The van der Waals surface area contributed by atoms with Crippen molar-refractivity contribution in [1.82, 2.24) is 9.80 Å². The number of carbonyl (C=O) groups is 2. The fourth-order valence-corrected chi connectivity index (χ4v) is 2.29. The van der Waals surface area contributed by atoms with Crippen LogP contribution in [0.2, 0.25) is 0 Å². The molecule has 6 nitrogen and oxygen atoms in total. The lowest BCUT2D eigenvalue weighted by atomic mass is 10.3. The summed E-state index contributed by atoms with van der Waals surface area (Å²) in [6, 6.07) is 0. The van der Waals surface area contributed by atoms with Gasteiger partial charge in [-0.2, -0.15) is 0 Å². The molecule has 0 spiro atoms. The van der Waals surface area contributed by atoms with Crippen LogP contribution in [0.1, 0.15) is 99.3 Å². The number of aliphatic carboxylic acids is 2. The van der Waals surface area contributed by atoms with E-state index in [4.69, 9.17) is 10.2 Å². The summed E-state index contributed by atoms with van der Waals surface area (Å²) in [4.78, 5) is 24.1. The Hall–Kier alpha value is -1.14. The zero-order valence-corrected chi connectivity index (χ0v) is 20.8. The molecule has 0 rings (SSSR count). The van der Waals surface area contributed by atoms with E-state index in [9.17, 15) is 9.59 Å². The van der Waals surface area contributed by atoms with Crippen molar-refractivity contribution in [3.8, 4) is 0 Å². The first kappa shape index (κ1) is 35.3. The molecule has 0 saturated carbocycles. The number of nitrogens with zero attached hydrogens (tertiary/aromatic N) is 2. The summed E-state index contributed by atoms with van der Waals surface area (Å²) in [5, 5.41) is 16.0. The summed E-state index contributed by atoms with van der Waals surface area (Å²) in [5.74, 6) is -1.40. The summed E-state index contributed by atoms with van der Waals surface area (Å²) >= 11 is 0. The van der Waals surface area contributed by atoms with E-state index >= 15 is 0 Å². The normalized spacial score (nSPS) is 9.59. The van der Waals surface area contributed by atoms with Crippen LogP contribution >= 0.6 is 0 Å². The van der Waals surface area contributed by atoms with Crippen LogP contribution in [0.4, 0.5) is 0 Å². The van der Waals surface area contributed by atoms with Crippen LogP contribution < -0.4 is 0 Å². The van der Waals surface area contributed by atoms with Gasteiger partial charge >= 0.3 is 11.9 Å². The van der Waals surface area contributed by atoms with Gasteiger partial charge in [0, 0.05) is 12.8 Å². The molecule has 29 heavy (non-hydrogen) atoms. The minimum Gasteiger partial charge on any atom is -0.481 e. The number of hydrogen-bond acceptors (Lipinski definition) is 4. The van der Waals surface area contributed by atoms with Crippen molar-refractivity contribution in [2.24, 2.45) is 0 Å². The van der Waals surface area contributed by atoms with E-state index in [1.807, 2.05) is 13.8 Å². The predicted octanol–water partition coefficient (Wildman–Crippen LogP) is 5.61. The van der Waals surface area contributed by atoms with Crippen LogP contribution in [0.5, 0.6) is 0 Å². The molecule has 0 radical (unpaired) electrons. The van der Waals surface area contributed by atoms with E-state index in [0.29, 0.717) is 12.8 Å². The van der Waals surface area contributed by atoms with Crippen molar-refractivity contribution < 1.29 is 19.8 Å². The second-order valence-corrected chi connectivity index (χ2v) is 7.25. The molecule has 0 aliphatic carbocycles. The van der Waals surface area contributed by atoms with Crippen LogP contribution in [-0.4, -0.2) is 72.2 Å². The maximum absolute atomic E-state index is 9.76. The van der Waals surface area contributed by atoms with Crippen LogP contribution in [0.15, 0.2) is 0 Å². The zero-order valence-electron chi connectivity index (χ0n) is 20.8. The number of unbranched alkanes of at least 4 members (excludes halogenated alkanes) is 1. The third-order valence-corrected chi connectivity index (χ3v) is 3.63. The quantitative estimate of drug-likeness (QED) is 0.403. The van der Waals surface area contributed by atoms with Gasteiger partial charge in [0.05, 0.1) is 0 Å². The van der Waals surface area contributed by atoms with E-state index in [0.717, 1.165) is 19.3 Å². The standard InChI is InChI=1S/2C7H17N.C5H10O2.C4H8O2/c2*1-4-6-8(3)7-5-2;1-2-3-4-5(6)7;1-2-3-4(5)6/h2*4-7H2,1-3H3;2-4H2,1H3,(H,6,7);2-3H2,1H3,(H,5,6). The van der Waals surface area contributed by atoms with Gasteiger partial charge in [0.25, 0.3) is 0 Å². The molecule has 0 amide bonds. The van der Waals surface area contributed by atoms with E-state index in [-0.39, 0.29) is 0 Å². The second-order valence-electron chi connectivity index (χ2n) is 7.25. The fraction of sp³-hybridized carbons (Fsp3) is 0.913. The van der Waals surface area contributed by atoms with Crippen LogP contribution in [-0.2, 0) is 9.59 Å². The first-order valence-corrected chi connectivity index (χ1v) is 11.5. The lowest BCUT2D eigenvalue weighted by Crippen LogP contribution is -2.19. The van der Waals surface area contributed by atoms with Crippen molar-refractivity contribution in [3.63, 3.8) is 0 Å². The summed E-state index contributed by atoms with van der Waals surface area (Å²) < 4.78 is 0. The van der Waals surface area contributed by atoms with E-state index in [1.165, 1.54) is 51.9 Å². The monoisotopic (exact) mass is 420 g/mol. The topological polar surface area (TPSA) is 81.1 Å². The van der Waals surface area contributed by atoms with Gasteiger partial charge in [-0.05, 0) is 78.8 Å². The van der Waals surface area contributed by atoms with Crippen molar-refractivity contribution in [2.75, 3.05) is 40.3 Å². The average molecular weight is 421 g/mol. The van der Waals surface area contributed by atoms with Gasteiger partial charge in [0.2, 0.25) is 0 Å². The first-order valence-electron chi connectivity index (χ1n) is 11.5. The molecule has 0 aromatic heterocycles. The minimum atomic E-state index is -0.711. The van der Waals surface area contributed by atoms with Gasteiger partial charge in [-0.1, -0.05) is 48.0 Å². The molecule has 6 heteroatoms. The van der Waals surface area contributed by atoms with Crippen LogP contribution in [0, 0.1) is 0 Å². The molecule has 178 valence electrons. The first-order chi connectivity index (χ1) is 13.7. The second kappa shape index (κ2) is 31.6. The summed E-state index contributed by atoms with van der Waals surface area (Å²) in [7, 11) is 4.35. The SMILES string of the molecule is CCCC(=O)O.CCCCC(=O)O.CCCN(C)CCC.CCCN(C)CCC. The molecule has 2 N–H and O–H groups in total. The van der Waals surface area contributed by atoms with Crippen molar-refractivity contribution in [3.05, 3.63) is 0 Å². The Balaban J connectivity index is -0.000000145. The Kier molecular flexibility index (Phi) is 38.4. The number of rotatable bonds is 13. The number of carboxylic acids is 2. The molecule has 0 aliphatic rings. The molecular formula is C23H52N2O4. The van der Waals surface area contributed by atoms with Crippen LogP contribution in [0.25, 0.3) is 0 Å². The fourth-order valence-electron chi connectivity index (χ4n) is 2.29. The smallest absolute Gasteiger partial charge is 0.303 e. The molecule has 0 saturated heterocycles.